The van der Waals surface area contributed by atoms with Gasteiger partial charge in [0.25, 0.3) is 0 Å². The van der Waals surface area contributed by atoms with Crippen molar-refractivity contribution < 1.29 is 4.79 Å². The first-order valence-electron chi connectivity index (χ1n) is 6.41. The number of carbonyl (C=O) groups is 1. The first-order valence-corrected chi connectivity index (χ1v) is 7.17. The van der Waals surface area contributed by atoms with Gasteiger partial charge in [0.05, 0.1) is 10.0 Å². The maximum Gasteiger partial charge on any atom is 0.227 e. The maximum atomic E-state index is 12.0. The summed E-state index contributed by atoms with van der Waals surface area (Å²) in [4.78, 5) is 12.0. The third kappa shape index (κ3) is 5.81. The van der Waals surface area contributed by atoms with Gasteiger partial charge in [0.2, 0.25) is 5.91 Å². The van der Waals surface area contributed by atoms with Gasteiger partial charge in [0.1, 0.15) is 0 Å². The van der Waals surface area contributed by atoms with Gasteiger partial charge in [-0.3, -0.25) is 4.79 Å². The molecule has 5 heteroatoms. The molecule has 3 N–H and O–H groups in total. The van der Waals surface area contributed by atoms with Crippen molar-refractivity contribution >= 4 is 34.8 Å². The zero-order chi connectivity index (χ0) is 14.4. The van der Waals surface area contributed by atoms with Gasteiger partial charge in [-0.05, 0) is 38.0 Å². The summed E-state index contributed by atoms with van der Waals surface area (Å²) in [6.45, 7) is 3.88. The zero-order valence-corrected chi connectivity index (χ0v) is 12.8. The van der Waals surface area contributed by atoms with Crippen LogP contribution in [-0.4, -0.2) is 11.9 Å². The third-order valence-corrected chi connectivity index (χ3v) is 3.67. The third-order valence-electron chi connectivity index (χ3n) is 2.93. The minimum atomic E-state index is -0.0480. The Morgan fingerprint density at radius 2 is 1.95 bits per heavy atom. The van der Waals surface area contributed by atoms with Gasteiger partial charge in [-0.1, -0.05) is 36.5 Å². The van der Waals surface area contributed by atoms with Crippen molar-refractivity contribution in [2.75, 3.05) is 5.32 Å². The molecule has 0 aromatic heterocycles. The standard InChI is InChI=1S/C14H20Cl2N2O/c1-9(4-3-5-10(2)17)14(19)18-11-6-7-12(15)13(16)8-11/h6-10H,3-5,17H2,1-2H3,(H,18,19). The molecule has 0 saturated carbocycles. The molecule has 1 amide bonds. The molecule has 2 unspecified atom stereocenters. The van der Waals surface area contributed by atoms with Crippen LogP contribution in [0.2, 0.25) is 10.0 Å². The Labute approximate surface area is 124 Å². The molecule has 1 rings (SSSR count). The van der Waals surface area contributed by atoms with Crippen molar-refractivity contribution in [1.29, 1.82) is 0 Å². The Bertz CT molecular complexity index is 435. The summed E-state index contributed by atoms with van der Waals surface area (Å²) >= 11 is 11.7. The van der Waals surface area contributed by atoms with Crippen LogP contribution >= 0.6 is 23.2 Å². The van der Waals surface area contributed by atoms with E-state index in [9.17, 15) is 4.79 Å². The van der Waals surface area contributed by atoms with E-state index in [0.717, 1.165) is 19.3 Å². The van der Waals surface area contributed by atoms with Gasteiger partial charge in [0.15, 0.2) is 0 Å². The number of nitrogens with one attached hydrogen (secondary N) is 1. The summed E-state index contributed by atoms with van der Waals surface area (Å²) in [5.41, 5.74) is 6.35. The number of carbonyl (C=O) groups excluding carboxylic acids is 1. The molecule has 1 aromatic rings. The second kappa shape index (κ2) is 7.73. The Hall–Kier alpha value is -0.770. The van der Waals surface area contributed by atoms with E-state index in [2.05, 4.69) is 5.32 Å². The smallest absolute Gasteiger partial charge is 0.227 e. The van der Waals surface area contributed by atoms with E-state index in [1.807, 2.05) is 13.8 Å². The van der Waals surface area contributed by atoms with Crippen molar-refractivity contribution in [3.63, 3.8) is 0 Å². The summed E-state index contributed by atoms with van der Waals surface area (Å²) in [7, 11) is 0. The zero-order valence-electron chi connectivity index (χ0n) is 11.2. The molecule has 0 aliphatic rings. The monoisotopic (exact) mass is 302 g/mol. The molecule has 3 nitrogen and oxygen atoms in total. The number of amides is 1. The van der Waals surface area contributed by atoms with Crippen LogP contribution in [0.5, 0.6) is 0 Å². The second-order valence-corrected chi connectivity index (χ2v) is 5.74. The predicted octanol–water partition coefficient (Wildman–Crippen LogP) is 4.09. The fraction of sp³-hybridized carbons (Fsp3) is 0.500. The molecule has 2 atom stereocenters. The van der Waals surface area contributed by atoms with Crippen LogP contribution in [0, 0.1) is 5.92 Å². The summed E-state index contributed by atoms with van der Waals surface area (Å²) in [5.74, 6) is -0.0590. The van der Waals surface area contributed by atoms with Crippen molar-refractivity contribution in [2.45, 2.75) is 39.2 Å². The summed E-state index contributed by atoms with van der Waals surface area (Å²) in [5, 5.41) is 3.75. The number of halogens is 2. The number of rotatable bonds is 6. The van der Waals surface area contributed by atoms with Crippen LogP contribution in [0.15, 0.2) is 18.2 Å². The van der Waals surface area contributed by atoms with Crippen LogP contribution in [0.4, 0.5) is 5.69 Å². The van der Waals surface area contributed by atoms with E-state index in [-0.39, 0.29) is 17.9 Å². The van der Waals surface area contributed by atoms with Gasteiger partial charge in [-0.25, -0.2) is 0 Å². The van der Waals surface area contributed by atoms with E-state index in [4.69, 9.17) is 28.9 Å². The molecule has 0 aliphatic heterocycles. The quantitative estimate of drug-likeness (QED) is 0.831. The van der Waals surface area contributed by atoms with Gasteiger partial charge < -0.3 is 11.1 Å². The average molecular weight is 303 g/mol. The van der Waals surface area contributed by atoms with E-state index < -0.39 is 0 Å². The van der Waals surface area contributed by atoms with Gasteiger partial charge in [-0.2, -0.15) is 0 Å². The molecule has 1 aromatic carbocycles. The highest BCUT2D eigenvalue weighted by atomic mass is 35.5. The number of nitrogens with two attached hydrogens (primary N) is 1. The van der Waals surface area contributed by atoms with Gasteiger partial charge in [0, 0.05) is 17.6 Å². The first kappa shape index (κ1) is 16.3. The van der Waals surface area contributed by atoms with Crippen molar-refractivity contribution in [1.82, 2.24) is 0 Å². The van der Waals surface area contributed by atoms with Crippen LogP contribution in [0.3, 0.4) is 0 Å². The molecular weight excluding hydrogens is 283 g/mol. The molecule has 0 heterocycles. The molecule has 106 valence electrons. The van der Waals surface area contributed by atoms with Crippen molar-refractivity contribution in [2.24, 2.45) is 11.7 Å². The Morgan fingerprint density at radius 1 is 1.26 bits per heavy atom. The lowest BCUT2D eigenvalue weighted by Crippen LogP contribution is -2.21. The van der Waals surface area contributed by atoms with Crippen LogP contribution in [0.1, 0.15) is 33.1 Å². The molecule has 0 spiro atoms. The Kier molecular flexibility index (Phi) is 6.63. The summed E-state index contributed by atoms with van der Waals surface area (Å²) in [6, 6.07) is 5.24. The molecule has 0 fully saturated rings. The number of anilines is 1. The Balaban J connectivity index is 2.47. The highest BCUT2D eigenvalue weighted by Crippen LogP contribution is 2.25. The van der Waals surface area contributed by atoms with Crippen LogP contribution in [-0.2, 0) is 4.79 Å². The van der Waals surface area contributed by atoms with Crippen molar-refractivity contribution in [3.8, 4) is 0 Å². The van der Waals surface area contributed by atoms with E-state index >= 15 is 0 Å². The predicted molar refractivity (Wildman–Crippen MR) is 81.8 cm³/mol. The lowest BCUT2D eigenvalue weighted by atomic mass is 10.0. The second-order valence-electron chi connectivity index (χ2n) is 4.93. The number of hydrogen-bond acceptors (Lipinski definition) is 2. The fourth-order valence-corrected chi connectivity index (χ4v) is 2.01. The molecular formula is C14H20Cl2N2O. The van der Waals surface area contributed by atoms with E-state index in [1.54, 1.807) is 18.2 Å². The largest absolute Gasteiger partial charge is 0.328 e. The van der Waals surface area contributed by atoms with Crippen LogP contribution < -0.4 is 11.1 Å². The molecule has 19 heavy (non-hydrogen) atoms. The highest BCUT2D eigenvalue weighted by Gasteiger charge is 2.13. The maximum absolute atomic E-state index is 12.0. The normalized spacial score (nSPS) is 13.9. The SMILES string of the molecule is CC(N)CCCC(C)C(=O)Nc1ccc(Cl)c(Cl)c1. The molecule has 0 aliphatic carbocycles. The van der Waals surface area contributed by atoms with Crippen molar-refractivity contribution in [3.05, 3.63) is 28.2 Å². The summed E-state index contributed by atoms with van der Waals surface area (Å²) in [6.07, 6.45) is 2.71. The lowest BCUT2D eigenvalue weighted by Gasteiger charge is -2.13. The number of benzene rings is 1. The topological polar surface area (TPSA) is 55.1 Å². The minimum absolute atomic E-state index is 0.0111. The van der Waals surface area contributed by atoms with E-state index in [0.29, 0.717) is 15.7 Å². The fourth-order valence-electron chi connectivity index (χ4n) is 1.72. The molecule has 0 bridgehead atoms. The number of hydrogen-bond donors (Lipinski definition) is 2. The minimum Gasteiger partial charge on any atom is -0.328 e. The van der Waals surface area contributed by atoms with Gasteiger partial charge >= 0.3 is 0 Å². The summed E-state index contributed by atoms with van der Waals surface area (Å²) < 4.78 is 0. The first-order chi connectivity index (χ1) is 8.90. The van der Waals surface area contributed by atoms with E-state index in [1.165, 1.54) is 0 Å². The molecule has 0 radical (unpaired) electrons. The Morgan fingerprint density at radius 3 is 2.53 bits per heavy atom. The highest BCUT2D eigenvalue weighted by molar-refractivity contribution is 6.42. The van der Waals surface area contributed by atoms with Gasteiger partial charge in [-0.15, -0.1) is 0 Å². The lowest BCUT2D eigenvalue weighted by molar-refractivity contribution is -0.119. The average Bonchev–Trinajstić information content (AvgIpc) is 2.33. The molecule has 0 saturated heterocycles. The van der Waals surface area contributed by atoms with Crippen LogP contribution in [0.25, 0.3) is 0 Å².